The van der Waals surface area contributed by atoms with E-state index in [1.54, 1.807) is 24.3 Å². The largest absolute Gasteiger partial charge is 0.497 e. The number of aliphatic hydroxyl groups is 1. The fraction of sp³-hybridized carbons (Fsp3) is 0.429. The zero-order valence-corrected chi connectivity index (χ0v) is 11.2. The van der Waals surface area contributed by atoms with E-state index >= 15 is 0 Å². The van der Waals surface area contributed by atoms with Crippen molar-refractivity contribution >= 4 is 11.9 Å². The van der Waals surface area contributed by atoms with E-state index in [2.05, 4.69) is 0 Å². The second kappa shape index (κ2) is 5.92. The average molecular weight is 279 g/mol. The van der Waals surface area contributed by atoms with E-state index in [4.69, 9.17) is 9.84 Å². The molecule has 6 nitrogen and oxygen atoms in total. The van der Waals surface area contributed by atoms with Gasteiger partial charge in [-0.1, -0.05) is 12.1 Å². The Bertz CT molecular complexity index is 516. The molecule has 0 aromatic heterocycles. The molecule has 1 saturated heterocycles. The smallest absolute Gasteiger partial charge is 0.326 e. The van der Waals surface area contributed by atoms with Crippen LogP contribution >= 0.6 is 0 Å². The predicted octanol–water partition coefficient (Wildman–Crippen LogP) is 0.284. The first-order valence-electron chi connectivity index (χ1n) is 6.34. The molecule has 20 heavy (non-hydrogen) atoms. The van der Waals surface area contributed by atoms with Crippen LogP contribution in [0.1, 0.15) is 12.0 Å². The van der Waals surface area contributed by atoms with Crippen LogP contribution in [0.4, 0.5) is 0 Å². The molecule has 2 rings (SSSR count). The molecule has 1 aromatic rings. The Labute approximate surface area is 116 Å². The zero-order valence-electron chi connectivity index (χ0n) is 11.2. The number of likely N-dealkylation sites (tertiary alicyclic amines) is 1. The number of hydrogen-bond donors (Lipinski definition) is 2. The van der Waals surface area contributed by atoms with Crippen LogP contribution in [0.3, 0.4) is 0 Å². The van der Waals surface area contributed by atoms with Crippen LogP contribution < -0.4 is 4.74 Å². The predicted molar refractivity (Wildman–Crippen MR) is 70.5 cm³/mol. The van der Waals surface area contributed by atoms with Gasteiger partial charge in [0, 0.05) is 13.0 Å². The summed E-state index contributed by atoms with van der Waals surface area (Å²) in [7, 11) is 1.54. The van der Waals surface area contributed by atoms with E-state index in [1.165, 1.54) is 12.0 Å². The van der Waals surface area contributed by atoms with Gasteiger partial charge < -0.3 is 19.8 Å². The molecular weight excluding hydrogens is 262 g/mol. The van der Waals surface area contributed by atoms with Gasteiger partial charge in [-0.25, -0.2) is 4.79 Å². The highest BCUT2D eigenvalue weighted by molar-refractivity contribution is 5.85. The number of carbonyl (C=O) groups excluding carboxylic acids is 1. The third-order valence-corrected chi connectivity index (χ3v) is 3.37. The number of carboxylic acids is 1. The van der Waals surface area contributed by atoms with Gasteiger partial charge in [-0.15, -0.1) is 0 Å². The summed E-state index contributed by atoms with van der Waals surface area (Å²) >= 11 is 0. The lowest BCUT2D eigenvalue weighted by Crippen LogP contribution is -2.41. The molecule has 1 amide bonds. The van der Waals surface area contributed by atoms with Crippen LogP contribution in [0.5, 0.6) is 5.75 Å². The molecule has 2 N–H and O–H groups in total. The Kier molecular flexibility index (Phi) is 4.24. The number of amides is 1. The molecule has 1 heterocycles. The maximum absolute atomic E-state index is 12.2. The van der Waals surface area contributed by atoms with Crippen LogP contribution in [0.2, 0.25) is 0 Å². The lowest BCUT2D eigenvalue weighted by molar-refractivity contribution is -0.148. The Morgan fingerprint density at radius 1 is 1.45 bits per heavy atom. The van der Waals surface area contributed by atoms with Crippen LogP contribution in [0.15, 0.2) is 24.3 Å². The van der Waals surface area contributed by atoms with Gasteiger partial charge in [-0.05, 0) is 17.7 Å². The van der Waals surface area contributed by atoms with Crippen LogP contribution in [0.25, 0.3) is 0 Å². The van der Waals surface area contributed by atoms with E-state index in [0.29, 0.717) is 5.75 Å². The second-order valence-electron chi connectivity index (χ2n) is 4.82. The lowest BCUT2D eigenvalue weighted by Gasteiger charge is -2.21. The third kappa shape index (κ3) is 3.08. The first-order valence-corrected chi connectivity index (χ1v) is 6.34. The van der Waals surface area contributed by atoms with Crippen molar-refractivity contribution in [1.29, 1.82) is 0 Å². The first kappa shape index (κ1) is 14.3. The molecule has 108 valence electrons. The number of benzene rings is 1. The number of aliphatic carboxylic acids is 1. The van der Waals surface area contributed by atoms with Crippen LogP contribution in [-0.4, -0.2) is 52.8 Å². The highest BCUT2D eigenvalue weighted by atomic mass is 16.5. The highest BCUT2D eigenvalue weighted by Crippen LogP contribution is 2.20. The molecule has 0 bridgehead atoms. The maximum atomic E-state index is 12.2. The van der Waals surface area contributed by atoms with Crippen LogP contribution in [-0.2, 0) is 16.0 Å². The third-order valence-electron chi connectivity index (χ3n) is 3.37. The summed E-state index contributed by atoms with van der Waals surface area (Å²) in [6, 6.07) is 6.12. The summed E-state index contributed by atoms with van der Waals surface area (Å²) < 4.78 is 5.08. The van der Waals surface area contributed by atoms with Crippen molar-refractivity contribution in [3.8, 4) is 5.75 Å². The van der Waals surface area contributed by atoms with E-state index < -0.39 is 18.1 Å². The highest BCUT2D eigenvalue weighted by Gasteiger charge is 2.38. The number of aliphatic hydroxyl groups excluding tert-OH is 1. The van der Waals surface area contributed by atoms with E-state index in [9.17, 15) is 14.7 Å². The lowest BCUT2D eigenvalue weighted by atomic mass is 10.1. The number of β-amino-alcohol motifs (C(OH)–C–C–N with tert-alkyl or cyclic N) is 1. The van der Waals surface area contributed by atoms with Crippen molar-refractivity contribution in [1.82, 2.24) is 4.90 Å². The Morgan fingerprint density at radius 3 is 2.85 bits per heavy atom. The van der Waals surface area contributed by atoms with Crippen molar-refractivity contribution < 1.29 is 24.5 Å². The quantitative estimate of drug-likeness (QED) is 0.827. The molecule has 0 saturated carbocycles. The molecule has 0 unspecified atom stereocenters. The zero-order chi connectivity index (χ0) is 14.7. The number of nitrogens with zero attached hydrogens (tertiary/aromatic N) is 1. The Hall–Kier alpha value is -2.08. The number of carbonyl (C=O) groups is 2. The molecule has 1 aliphatic heterocycles. The Morgan fingerprint density at radius 2 is 2.20 bits per heavy atom. The summed E-state index contributed by atoms with van der Waals surface area (Å²) in [5.74, 6) is -0.741. The number of ether oxygens (including phenoxy) is 1. The monoisotopic (exact) mass is 279 g/mol. The summed E-state index contributed by atoms with van der Waals surface area (Å²) in [5, 5.41) is 18.6. The second-order valence-corrected chi connectivity index (χ2v) is 4.82. The molecule has 0 spiro atoms. The number of carboxylic acid groups (broad SMARTS) is 1. The van der Waals surface area contributed by atoms with Crippen molar-refractivity contribution in [3.05, 3.63) is 29.8 Å². The normalized spacial score (nSPS) is 21.8. The van der Waals surface area contributed by atoms with Gasteiger partial charge >= 0.3 is 5.97 Å². The average Bonchev–Trinajstić information content (AvgIpc) is 2.81. The van der Waals surface area contributed by atoms with Gasteiger partial charge in [0.25, 0.3) is 0 Å². The van der Waals surface area contributed by atoms with Gasteiger partial charge in [0.2, 0.25) is 5.91 Å². The summed E-state index contributed by atoms with van der Waals surface area (Å²) in [5.41, 5.74) is 0.750. The first-order chi connectivity index (χ1) is 9.51. The minimum absolute atomic E-state index is 0.0692. The van der Waals surface area contributed by atoms with Crippen molar-refractivity contribution in [2.24, 2.45) is 0 Å². The van der Waals surface area contributed by atoms with Gasteiger partial charge in [-0.2, -0.15) is 0 Å². The fourth-order valence-corrected chi connectivity index (χ4v) is 2.38. The van der Waals surface area contributed by atoms with Gasteiger partial charge in [0.1, 0.15) is 11.8 Å². The molecule has 1 aromatic carbocycles. The van der Waals surface area contributed by atoms with Gasteiger partial charge in [0.15, 0.2) is 0 Å². The molecule has 0 radical (unpaired) electrons. The van der Waals surface area contributed by atoms with Crippen molar-refractivity contribution in [2.45, 2.75) is 25.0 Å². The fourth-order valence-electron chi connectivity index (χ4n) is 2.38. The molecular formula is C14H17NO5. The van der Waals surface area contributed by atoms with E-state index in [0.717, 1.165) is 5.56 Å². The van der Waals surface area contributed by atoms with Crippen molar-refractivity contribution in [3.63, 3.8) is 0 Å². The minimum Gasteiger partial charge on any atom is -0.497 e. The number of rotatable bonds is 4. The van der Waals surface area contributed by atoms with Crippen LogP contribution in [0, 0.1) is 0 Å². The Balaban J connectivity index is 2.09. The van der Waals surface area contributed by atoms with Gasteiger partial charge in [0.05, 0.1) is 19.6 Å². The maximum Gasteiger partial charge on any atom is 0.326 e. The van der Waals surface area contributed by atoms with E-state index in [-0.39, 0.29) is 25.3 Å². The SMILES string of the molecule is COc1cccc(CC(=O)N2C[C@H](O)C[C@H]2C(=O)O)c1. The molecule has 6 heteroatoms. The molecule has 1 aliphatic rings. The summed E-state index contributed by atoms with van der Waals surface area (Å²) in [6.07, 6.45) is -0.599. The van der Waals surface area contributed by atoms with E-state index in [1.807, 2.05) is 0 Å². The number of hydrogen-bond acceptors (Lipinski definition) is 4. The number of methoxy groups -OCH3 is 1. The topological polar surface area (TPSA) is 87.1 Å². The van der Waals surface area contributed by atoms with Crippen molar-refractivity contribution in [2.75, 3.05) is 13.7 Å². The summed E-state index contributed by atoms with van der Waals surface area (Å²) in [4.78, 5) is 24.5. The molecule has 1 fully saturated rings. The molecule has 2 atom stereocenters. The molecule has 0 aliphatic carbocycles. The minimum atomic E-state index is -1.08. The van der Waals surface area contributed by atoms with Gasteiger partial charge in [-0.3, -0.25) is 4.79 Å². The standard InChI is InChI=1S/C14H17NO5/c1-20-11-4-2-3-9(5-11)6-13(17)15-8-10(16)7-12(15)14(18)19/h2-5,10,12,16H,6-8H2,1H3,(H,18,19)/t10-,12+/m1/s1. The summed E-state index contributed by atoms with van der Waals surface area (Å²) in [6.45, 7) is 0.0692.